The van der Waals surface area contributed by atoms with Crippen LogP contribution >= 0.6 is 0 Å². The van der Waals surface area contributed by atoms with E-state index in [-0.39, 0.29) is 19.1 Å². The van der Waals surface area contributed by atoms with Gasteiger partial charge in [0.15, 0.2) is 6.29 Å². The van der Waals surface area contributed by atoms with E-state index >= 15 is 0 Å². The number of carbonyl (C=O) groups excluding carboxylic acids is 2. The lowest BCUT2D eigenvalue weighted by atomic mass is 10.3. The normalized spacial score (nSPS) is 9.86. The maximum Gasteiger partial charge on any atom is 0.270 e. The van der Waals surface area contributed by atoms with Gasteiger partial charge in [-0.25, -0.2) is 0 Å². The third-order valence-corrected chi connectivity index (χ3v) is 1.85. The molecule has 0 aliphatic carbocycles. The topological polar surface area (TPSA) is 73.4 Å². The average molecular weight is 196 g/mol. The largest absolute Gasteiger partial charge is 0.395 e. The zero-order valence-corrected chi connectivity index (χ0v) is 7.86. The number of aliphatic hydroxyl groups is 1. The van der Waals surface area contributed by atoms with Crippen molar-refractivity contribution in [1.82, 2.24) is 9.88 Å². The van der Waals surface area contributed by atoms with Crippen LogP contribution in [-0.4, -0.2) is 47.4 Å². The number of aliphatic hydroxyl groups excluding tert-OH is 1. The number of nitrogens with one attached hydrogen (secondary N) is 1. The molecule has 0 unspecified atom stereocenters. The van der Waals surface area contributed by atoms with Gasteiger partial charge in [0.05, 0.1) is 6.61 Å². The maximum atomic E-state index is 11.5. The SMILES string of the molecule is CN(CCO)C(=O)c1cc(C=O)c[nH]1. The summed E-state index contributed by atoms with van der Waals surface area (Å²) in [6.07, 6.45) is 2.13. The zero-order chi connectivity index (χ0) is 10.6. The fraction of sp³-hybridized carbons (Fsp3) is 0.333. The van der Waals surface area contributed by atoms with Crippen molar-refractivity contribution in [2.45, 2.75) is 0 Å². The number of likely N-dealkylation sites (N-methyl/N-ethyl adjacent to an activating group) is 1. The Morgan fingerprint density at radius 1 is 1.71 bits per heavy atom. The first-order valence-electron chi connectivity index (χ1n) is 4.19. The highest BCUT2D eigenvalue weighted by Gasteiger charge is 2.12. The number of H-pyrrole nitrogens is 1. The number of nitrogens with zero attached hydrogens (tertiary/aromatic N) is 1. The summed E-state index contributed by atoms with van der Waals surface area (Å²) in [5, 5.41) is 8.62. The standard InChI is InChI=1S/C9H12N2O3/c1-11(2-3-12)9(14)8-4-7(6-13)5-10-8/h4-6,10,12H,2-3H2,1H3. The van der Waals surface area contributed by atoms with Gasteiger partial charge in [0.2, 0.25) is 0 Å². The first kappa shape index (κ1) is 10.5. The molecule has 1 aromatic rings. The number of rotatable bonds is 4. The molecular formula is C9H12N2O3. The molecule has 1 aromatic heterocycles. The zero-order valence-electron chi connectivity index (χ0n) is 7.86. The summed E-state index contributed by atoms with van der Waals surface area (Å²) in [5.74, 6) is -0.243. The van der Waals surface area contributed by atoms with E-state index in [1.54, 1.807) is 7.05 Å². The van der Waals surface area contributed by atoms with E-state index in [9.17, 15) is 9.59 Å². The minimum atomic E-state index is -0.243. The molecule has 0 radical (unpaired) electrons. The number of hydrogen-bond donors (Lipinski definition) is 2. The molecule has 76 valence electrons. The molecule has 0 saturated heterocycles. The van der Waals surface area contributed by atoms with Crippen molar-refractivity contribution in [3.63, 3.8) is 0 Å². The van der Waals surface area contributed by atoms with E-state index in [2.05, 4.69) is 4.98 Å². The monoisotopic (exact) mass is 196 g/mol. The van der Waals surface area contributed by atoms with Crippen LogP contribution in [0.1, 0.15) is 20.8 Å². The minimum Gasteiger partial charge on any atom is -0.395 e. The van der Waals surface area contributed by atoms with Gasteiger partial charge in [-0.1, -0.05) is 0 Å². The lowest BCUT2D eigenvalue weighted by Crippen LogP contribution is -2.29. The van der Waals surface area contributed by atoms with Crippen LogP contribution in [-0.2, 0) is 0 Å². The summed E-state index contributed by atoms with van der Waals surface area (Å²) in [6, 6.07) is 1.48. The van der Waals surface area contributed by atoms with E-state index in [1.165, 1.54) is 17.2 Å². The Bertz CT molecular complexity index is 333. The number of aromatic nitrogens is 1. The predicted molar refractivity (Wildman–Crippen MR) is 50.2 cm³/mol. The van der Waals surface area contributed by atoms with Gasteiger partial charge in [-0.2, -0.15) is 0 Å². The Labute approximate surface area is 81.3 Å². The molecule has 0 saturated carbocycles. The van der Waals surface area contributed by atoms with Gasteiger partial charge in [0, 0.05) is 25.4 Å². The molecule has 0 spiro atoms. The van der Waals surface area contributed by atoms with Crippen LogP contribution in [0.3, 0.4) is 0 Å². The van der Waals surface area contributed by atoms with Crippen LogP contribution in [0.5, 0.6) is 0 Å². The number of amides is 1. The van der Waals surface area contributed by atoms with Crippen LogP contribution in [0.25, 0.3) is 0 Å². The summed E-state index contributed by atoms with van der Waals surface area (Å²) in [5.41, 5.74) is 0.786. The highest BCUT2D eigenvalue weighted by atomic mass is 16.3. The molecule has 0 aliphatic rings. The molecule has 0 atom stereocenters. The fourth-order valence-electron chi connectivity index (χ4n) is 1.06. The van der Waals surface area contributed by atoms with Crippen LogP contribution in [0, 0.1) is 0 Å². The Morgan fingerprint density at radius 3 is 2.93 bits per heavy atom. The molecule has 1 rings (SSSR count). The van der Waals surface area contributed by atoms with Gasteiger partial charge in [-0.05, 0) is 6.07 Å². The van der Waals surface area contributed by atoms with Crippen LogP contribution in [0.15, 0.2) is 12.3 Å². The summed E-state index contributed by atoms with van der Waals surface area (Å²) in [4.78, 5) is 26.0. The average Bonchev–Trinajstić information content (AvgIpc) is 2.65. The lowest BCUT2D eigenvalue weighted by Gasteiger charge is -2.13. The molecule has 14 heavy (non-hydrogen) atoms. The van der Waals surface area contributed by atoms with Crippen molar-refractivity contribution >= 4 is 12.2 Å². The van der Waals surface area contributed by atoms with Gasteiger partial charge in [-0.3, -0.25) is 9.59 Å². The summed E-state index contributed by atoms with van der Waals surface area (Å²) in [7, 11) is 1.58. The molecule has 0 bridgehead atoms. The predicted octanol–water partition coefficient (Wildman–Crippen LogP) is -0.108. The first-order valence-corrected chi connectivity index (χ1v) is 4.19. The third-order valence-electron chi connectivity index (χ3n) is 1.85. The van der Waals surface area contributed by atoms with Gasteiger partial charge in [-0.15, -0.1) is 0 Å². The van der Waals surface area contributed by atoms with E-state index in [0.717, 1.165) is 0 Å². The quantitative estimate of drug-likeness (QED) is 0.660. The van der Waals surface area contributed by atoms with E-state index < -0.39 is 0 Å². The van der Waals surface area contributed by atoms with Crippen molar-refractivity contribution < 1.29 is 14.7 Å². The molecule has 0 aliphatic heterocycles. The molecule has 0 aromatic carbocycles. The number of aldehydes is 1. The number of aromatic amines is 1. The van der Waals surface area contributed by atoms with Crippen molar-refractivity contribution in [2.75, 3.05) is 20.2 Å². The highest BCUT2D eigenvalue weighted by molar-refractivity contribution is 5.94. The molecule has 0 fully saturated rings. The van der Waals surface area contributed by atoms with Crippen LogP contribution in [0.2, 0.25) is 0 Å². The summed E-state index contributed by atoms with van der Waals surface area (Å²) >= 11 is 0. The Hall–Kier alpha value is -1.62. The van der Waals surface area contributed by atoms with Gasteiger partial charge in [0.1, 0.15) is 5.69 Å². The minimum absolute atomic E-state index is 0.0799. The Morgan fingerprint density at radius 2 is 2.43 bits per heavy atom. The lowest BCUT2D eigenvalue weighted by molar-refractivity contribution is 0.0762. The van der Waals surface area contributed by atoms with E-state index in [0.29, 0.717) is 17.5 Å². The molecule has 1 heterocycles. The second kappa shape index (κ2) is 4.57. The second-order valence-electron chi connectivity index (χ2n) is 2.91. The molecule has 5 heteroatoms. The first-order chi connectivity index (χ1) is 6.69. The van der Waals surface area contributed by atoms with Gasteiger partial charge in [0.25, 0.3) is 5.91 Å². The van der Waals surface area contributed by atoms with Crippen molar-refractivity contribution in [2.24, 2.45) is 0 Å². The summed E-state index contributed by atoms with van der Waals surface area (Å²) in [6.45, 7) is 0.192. The second-order valence-corrected chi connectivity index (χ2v) is 2.91. The van der Waals surface area contributed by atoms with E-state index in [4.69, 9.17) is 5.11 Å². The summed E-state index contributed by atoms with van der Waals surface area (Å²) < 4.78 is 0. The van der Waals surface area contributed by atoms with Gasteiger partial charge < -0.3 is 15.0 Å². The Kier molecular flexibility index (Phi) is 3.41. The third kappa shape index (κ3) is 2.20. The molecular weight excluding hydrogens is 184 g/mol. The fourth-order valence-corrected chi connectivity index (χ4v) is 1.06. The van der Waals surface area contributed by atoms with Crippen LogP contribution < -0.4 is 0 Å². The van der Waals surface area contributed by atoms with Crippen LogP contribution in [0.4, 0.5) is 0 Å². The van der Waals surface area contributed by atoms with Gasteiger partial charge >= 0.3 is 0 Å². The number of carbonyl (C=O) groups is 2. The molecule has 5 nitrogen and oxygen atoms in total. The molecule has 1 amide bonds. The van der Waals surface area contributed by atoms with Crippen molar-refractivity contribution in [1.29, 1.82) is 0 Å². The number of hydrogen-bond acceptors (Lipinski definition) is 3. The molecule has 2 N–H and O–H groups in total. The Balaban J connectivity index is 2.73. The highest BCUT2D eigenvalue weighted by Crippen LogP contribution is 2.03. The van der Waals surface area contributed by atoms with E-state index in [1.807, 2.05) is 0 Å². The van der Waals surface area contributed by atoms with Crippen molar-refractivity contribution in [3.05, 3.63) is 23.5 Å². The smallest absolute Gasteiger partial charge is 0.270 e. The van der Waals surface area contributed by atoms with Crippen molar-refractivity contribution in [3.8, 4) is 0 Å². The maximum absolute atomic E-state index is 11.5.